The van der Waals surface area contributed by atoms with Gasteiger partial charge in [-0.2, -0.15) is 0 Å². The molecule has 1 aromatic heterocycles. The van der Waals surface area contributed by atoms with Gasteiger partial charge < -0.3 is 24.5 Å². The fourth-order valence-corrected chi connectivity index (χ4v) is 2.96. The van der Waals surface area contributed by atoms with E-state index in [2.05, 4.69) is 4.98 Å². The Kier molecular flexibility index (Phi) is 5.03. The van der Waals surface area contributed by atoms with E-state index >= 15 is 0 Å². The maximum absolute atomic E-state index is 12.9. The van der Waals surface area contributed by atoms with Gasteiger partial charge in [0.1, 0.15) is 5.60 Å². The van der Waals surface area contributed by atoms with Crippen LogP contribution in [0.25, 0.3) is 10.9 Å². The number of fused-ring (bicyclic) bond motifs is 1. The summed E-state index contributed by atoms with van der Waals surface area (Å²) in [5.41, 5.74) is 0.116. The summed E-state index contributed by atoms with van der Waals surface area (Å²) < 4.78 is 10.5. The molecule has 144 valence electrons. The molecule has 1 aromatic carbocycles. The second-order valence-corrected chi connectivity index (χ2v) is 7.32. The number of hydrogen-bond donors (Lipinski definition) is 2. The number of hydrogen-bond acceptors (Lipinski definition) is 6. The van der Waals surface area contributed by atoms with E-state index in [4.69, 9.17) is 9.47 Å². The summed E-state index contributed by atoms with van der Waals surface area (Å²) in [6.07, 6.45) is -3.08. The molecule has 1 aliphatic rings. The van der Waals surface area contributed by atoms with E-state index in [1.165, 1.54) is 11.0 Å². The molecular weight excluding hydrogens is 352 g/mol. The molecule has 2 N–H and O–H groups in total. The van der Waals surface area contributed by atoms with E-state index in [1.807, 2.05) is 0 Å². The number of esters is 1. The Bertz CT molecular complexity index is 930. The van der Waals surface area contributed by atoms with Crippen molar-refractivity contribution in [3.63, 3.8) is 0 Å². The molecule has 0 unspecified atom stereocenters. The molecule has 0 spiro atoms. The Morgan fingerprint density at radius 3 is 2.74 bits per heavy atom. The number of nitrogens with zero attached hydrogens (tertiary/aromatic N) is 1. The molecule has 0 saturated carbocycles. The Hall–Kier alpha value is -2.71. The first-order chi connectivity index (χ1) is 12.7. The Morgan fingerprint density at radius 1 is 1.30 bits per heavy atom. The summed E-state index contributed by atoms with van der Waals surface area (Å²) in [6.45, 7) is 5.42. The van der Waals surface area contributed by atoms with Crippen LogP contribution in [0.2, 0.25) is 0 Å². The summed E-state index contributed by atoms with van der Waals surface area (Å²) in [4.78, 5) is 40.7. The lowest BCUT2D eigenvalue weighted by Gasteiger charge is -2.35. The third-order valence-electron chi connectivity index (χ3n) is 4.09. The van der Waals surface area contributed by atoms with E-state index in [1.54, 1.807) is 45.0 Å². The molecule has 3 rings (SSSR count). The van der Waals surface area contributed by atoms with Crippen LogP contribution in [0.1, 0.15) is 20.8 Å². The molecule has 27 heavy (non-hydrogen) atoms. The van der Waals surface area contributed by atoms with E-state index in [-0.39, 0.29) is 18.7 Å². The smallest absolute Gasteiger partial charge is 0.338 e. The van der Waals surface area contributed by atoms with Gasteiger partial charge >= 0.3 is 5.97 Å². The number of aromatic nitrogens is 1. The number of rotatable bonds is 3. The number of nitrogens with one attached hydrogen (secondary N) is 1. The molecule has 8 nitrogen and oxygen atoms in total. The van der Waals surface area contributed by atoms with Crippen LogP contribution in [0.3, 0.4) is 0 Å². The monoisotopic (exact) mass is 374 g/mol. The summed E-state index contributed by atoms with van der Waals surface area (Å²) in [5, 5.41) is 11.0. The van der Waals surface area contributed by atoms with E-state index in [9.17, 15) is 19.5 Å². The minimum absolute atomic E-state index is 0.149. The van der Waals surface area contributed by atoms with Crippen LogP contribution in [0.5, 0.6) is 0 Å². The highest BCUT2D eigenvalue weighted by Crippen LogP contribution is 2.28. The molecule has 0 radical (unpaired) electrons. The third kappa shape index (κ3) is 4.01. The van der Waals surface area contributed by atoms with Gasteiger partial charge in [0.05, 0.1) is 17.8 Å². The third-order valence-corrected chi connectivity index (χ3v) is 4.09. The number of carbonyl (C=O) groups excluding carboxylic acids is 2. The fraction of sp³-hybridized carbons (Fsp3) is 0.421. The van der Waals surface area contributed by atoms with Gasteiger partial charge in [-0.25, -0.2) is 4.79 Å². The van der Waals surface area contributed by atoms with Gasteiger partial charge in [-0.15, -0.1) is 0 Å². The molecule has 1 fully saturated rings. The van der Waals surface area contributed by atoms with Crippen LogP contribution in [-0.2, 0) is 19.1 Å². The lowest BCUT2D eigenvalue weighted by Crippen LogP contribution is -2.55. The normalized spacial score (nSPS) is 19.2. The van der Waals surface area contributed by atoms with Gasteiger partial charge in [0.15, 0.2) is 12.2 Å². The van der Waals surface area contributed by atoms with Crippen molar-refractivity contribution in [2.75, 3.05) is 18.1 Å². The van der Waals surface area contributed by atoms with E-state index in [0.29, 0.717) is 16.6 Å². The predicted octanol–water partition coefficient (Wildman–Crippen LogP) is 0.962. The van der Waals surface area contributed by atoms with Crippen molar-refractivity contribution in [3.8, 4) is 0 Å². The number of carbonyl (C=O) groups is 2. The maximum atomic E-state index is 12.9. The topological polar surface area (TPSA) is 109 Å². The highest BCUT2D eigenvalue weighted by Gasteiger charge is 2.41. The number of pyridine rings is 1. The zero-order valence-corrected chi connectivity index (χ0v) is 15.4. The van der Waals surface area contributed by atoms with Crippen molar-refractivity contribution in [1.82, 2.24) is 4.98 Å². The van der Waals surface area contributed by atoms with Gasteiger partial charge in [-0.1, -0.05) is 6.07 Å². The zero-order valence-electron chi connectivity index (χ0n) is 15.4. The highest BCUT2D eigenvalue weighted by molar-refractivity contribution is 6.06. The second kappa shape index (κ2) is 7.13. The summed E-state index contributed by atoms with van der Waals surface area (Å²) >= 11 is 0. The first kappa shape index (κ1) is 19.1. The van der Waals surface area contributed by atoms with Gasteiger partial charge in [0.25, 0.3) is 5.91 Å². The minimum Gasteiger partial charge on any atom is -0.458 e. The molecule has 1 aliphatic heterocycles. The van der Waals surface area contributed by atoms with Crippen molar-refractivity contribution in [2.24, 2.45) is 0 Å². The van der Waals surface area contributed by atoms with Crippen molar-refractivity contribution in [1.29, 1.82) is 0 Å². The van der Waals surface area contributed by atoms with Gasteiger partial charge in [0, 0.05) is 18.0 Å². The van der Waals surface area contributed by atoms with Gasteiger partial charge in [-0.05, 0) is 39.0 Å². The molecule has 2 heterocycles. The van der Waals surface area contributed by atoms with Crippen LogP contribution >= 0.6 is 0 Å². The number of amides is 1. The van der Waals surface area contributed by atoms with Crippen LogP contribution in [0.15, 0.2) is 35.1 Å². The average Bonchev–Trinajstić information content (AvgIpc) is 2.59. The lowest BCUT2D eigenvalue weighted by atomic mass is 10.1. The van der Waals surface area contributed by atoms with Gasteiger partial charge in [0.2, 0.25) is 5.56 Å². The Balaban J connectivity index is 1.90. The molecule has 1 saturated heterocycles. The quantitative estimate of drug-likeness (QED) is 0.775. The lowest BCUT2D eigenvalue weighted by molar-refractivity contribution is -0.177. The fourth-order valence-electron chi connectivity index (χ4n) is 2.96. The van der Waals surface area contributed by atoms with E-state index < -0.39 is 29.7 Å². The number of H-pyrrole nitrogens is 1. The summed E-state index contributed by atoms with van der Waals surface area (Å²) in [5.74, 6) is -1.46. The van der Waals surface area contributed by atoms with Crippen molar-refractivity contribution in [2.45, 2.75) is 38.6 Å². The second-order valence-electron chi connectivity index (χ2n) is 7.32. The Morgan fingerprint density at radius 2 is 2.04 bits per heavy atom. The molecule has 2 atom stereocenters. The van der Waals surface area contributed by atoms with Crippen LogP contribution in [0.4, 0.5) is 5.69 Å². The van der Waals surface area contributed by atoms with Crippen molar-refractivity contribution >= 4 is 28.5 Å². The average molecular weight is 374 g/mol. The number of aliphatic hydroxyl groups is 1. The first-order valence-electron chi connectivity index (χ1n) is 8.63. The molecule has 0 aliphatic carbocycles. The number of ether oxygens (including phenoxy) is 2. The molecule has 8 heteroatoms. The first-order valence-corrected chi connectivity index (χ1v) is 8.63. The van der Waals surface area contributed by atoms with Crippen molar-refractivity contribution in [3.05, 3.63) is 40.7 Å². The minimum atomic E-state index is -1.73. The molecular formula is C19H22N2O6. The molecule has 1 amide bonds. The van der Waals surface area contributed by atoms with Crippen LogP contribution < -0.4 is 10.5 Å². The number of anilines is 1. The number of morpholine rings is 1. The number of aromatic amines is 1. The van der Waals surface area contributed by atoms with Crippen LogP contribution in [-0.4, -0.2) is 52.9 Å². The summed E-state index contributed by atoms with van der Waals surface area (Å²) in [6, 6.07) is 8.20. The SMILES string of the molecule is CC(C)(C)OC(=O)[C@H](O)[C@H]1OCCN(c2cccc3[nH]c(=O)ccc23)C1=O. The maximum Gasteiger partial charge on any atom is 0.338 e. The highest BCUT2D eigenvalue weighted by atomic mass is 16.6. The molecule has 2 aromatic rings. The largest absolute Gasteiger partial charge is 0.458 e. The Labute approximate surface area is 155 Å². The number of aliphatic hydroxyl groups excluding tert-OH is 1. The molecule has 0 bridgehead atoms. The summed E-state index contributed by atoms with van der Waals surface area (Å²) in [7, 11) is 0. The zero-order chi connectivity index (χ0) is 19.8. The van der Waals surface area contributed by atoms with Gasteiger partial charge in [-0.3, -0.25) is 9.59 Å². The predicted molar refractivity (Wildman–Crippen MR) is 98.5 cm³/mol. The standard InChI is InChI=1S/C19H22N2O6/c1-19(2,3)27-18(25)15(23)16-17(24)21(9-10-26-16)13-6-4-5-12-11(13)7-8-14(22)20-12/h4-8,15-16,23H,9-10H2,1-3H3,(H,20,22)/t15-,16-/m1/s1. The van der Waals surface area contributed by atoms with E-state index in [0.717, 1.165) is 0 Å². The number of benzene rings is 1. The van der Waals surface area contributed by atoms with Crippen LogP contribution in [0, 0.1) is 0 Å². The van der Waals surface area contributed by atoms with Crippen molar-refractivity contribution < 1.29 is 24.2 Å².